The molecular weight excluding hydrogens is 86.0 g/mol. The van der Waals surface area contributed by atoms with Crippen LogP contribution in [-0.4, -0.2) is 18.3 Å². The summed E-state index contributed by atoms with van der Waals surface area (Å²) in [5.41, 5.74) is 1.62. The Bertz CT molecular complexity index is 52.8. The number of nitrogens with one attached hydrogen (secondary N) is 1. The average molecular weight is 91.1 g/mol. The maximum atomic E-state index is 9.36. The highest BCUT2D eigenvalue weighted by molar-refractivity contribution is 5.62. The summed E-state index contributed by atoms with van der Waals surface area (Å²) < 4.78 is 0. The molecule has 0 saturated heterocycles. The highest BCUT2D eigenvalue weighted by Gasteiger charge is 1.83. The predicted molar refractivity (Wildman–Crippen MR) is 18.2 cm³/mol. The molecule has 0 heterocycles. The molecule has 4 heteroatoms. The van der Waals surface area contributed by atoms with E-state index in [0.29, 0.717) is 0 Å². The Hall–Kier alpha value is -0.770. The van der Waals surface area contributed by atoms with E-state index in [9.17, 15) is 4.79 Å². The Morgan fingerprint density at radius 2 is 2.50 bits per heavy atom. The lowest BCUT2D eigenvalue weighted by Gasteiger charge is -1.88. The van der Waals surface area contributed by atoms with Crippen LogP contribution in [0.4, 0.5) is 4.79 Å². The number of rotatable bonds is 1. The highest BCUT2D eigenvalue weighted by Crippen LogP contribution is 1.54. The largest absolute Gasteiger partial charge is 0.464 e. The van der Waals surface area contributed by atoms with E-state index in [4.69, 9.17) is 5.11 Å². The van der Waals surface area contributed by atoms with Crippen LogP contribution in [0.5, 0.6) is 0 Å². The van der Waals surface area contributed by atoms with Gasteiger partial charge in [-0.25, -0.2) is 10.3 Å². The van der Waals surface area contributed by atoms with Gasteiger partial charge in [-0.15, -0.1) is 0 Å². The molecule has 0 bridgehead atoms. The van der Waals surface area contributed by atoms with Crippen molar-refractivity contribution in [1.29, 1.82) is 0 Å². The van der Waals surface area contributed by atoms with Gasteiger partial charge in [-0.1, -0.05) is 0 Å². The molecule has 0 saturated carbocycles. The molecule has 0 unspecified atom stereocenters. The second kappa shape index (κ2) is 2.47. The molecule has 0 aliphatic carbocycles. The van der Waals surface area contributed by atoms with Crippen LogP contribution < -0.4 is 5.48 Å². The van der Waals surface area contributed by atoms with E-state index in [1.165, 1.54) is 7.11 Å². The topological polar surface area (TPSA) is 58.6 Å². The van der Waals surface area contributed by atoms with Crippen molar-refractivity contribution in [2.24, 2.45) is 0 Å². The number of hydrogen-bond acceptors (Lipinski definition) is 2. The van der Waals surface area contributed by atoms with Gasteiger partial charge in [0.2, 0.25) is 0 Å². The Morgan fingerprint density at radius 1 is 2.00 bits per heavy atom. The minimum absolute atomic E-state index is 1.18. The fourth-order valence-corrected chi connectivity index (χ4v) is 0.0873. The Balaban J connectivity index is 2.83. The standard InChI is InChI=1S/C2H5NO3/c1-6-3-2(4)5/h3H,1H3,(H,4,5). The molecule has 0 aliphatic heterocycles. The van der Waals surface area contributed by atoms with Crippen molar-refractivity contribution in [3.63, 3.8) is 0 Å². The number of carbonyl (C=O) groups is 1. The van der Waals surface area contributed by atoms with Crippen LogP contribution in [0.15, 0.2) is 0 Å². The second-order valence-electron chi connectivity index (χ2n) is 0.611. The van der Waals surface area contributed by atoms with E-state index in [0.717, 1.165) is 0 Å². The summed E-state index contributed by atoms with van der Waals surface area (Å²) in [5.74, 6) is 0. The molecule has 4 nitrogen and oxygen atoms in total. The van der Waals surface area contributed by atoms with Crippen molar-refractivity contribution in [2.45, 2.75) is 0 Å². The smallest absolute Gasteiger partial charge is 0.428 e. The van der Waals surface area contributed by atoms with E-state index in [-0.39, 0.29) is 0 Å². The van der Waals surface area contributed by atoms with E-state index in [1.54, 1.807) is 5.48 Å². The zero-order valence-corrected chi connectivity index (χ0v) is 3.26. The minimum atomic E-state index is -1.18. The van der Waals surface area contributed by atoms with Gasteiger partial charge in [-0.2, -0.15) is 0 Å². The maximum absolute atomic E-state index is 9.36. The third-order valence-corrected chi connectivity index (χ3v) is 0.189. The van der Waals surface area contributed by atoms with Crippen LogP contribution in [0.25, 0.3) is 0 Å². The van der Waals surface area contributed by atoms with Gasteiger partial charge in [-0.05, 0) is 0 Å². The number of hydroxylamine groups is 1. The molecule has 6 heavy (non-hydrogen) atoms. The second-order valence-corrected chi connectivity index (χ2v) is 0.611. The molecule has 36 valence electrons. The Labute approximate surface area is 34.7 Å². The summed E-state index contributed by atoms with van der Waals surface area (Å²) in [6.45, 7) is 0. The fourth-order valence-electron chi connectivity index (χ4n) is 0.0873. The molecule has 0 spiro atoms. The van der Waals surface area contributed by atoms with Crippen LogP contribution in [0.2, 0.25) is 0 Å². The zero-order chi connectivity index (χ0) is 4.99. The normalized spacial score (nSPS) is 7.50. The van der Waals surface area contributed by atoms with Crippen molar-refractivity contribution < 1.29 is 14.7 Å². The summed E-state index contributed by atoms with van der Waals surface area (Å²) in [5, 5.41) is 7.68. The molecule has 1 amide bonds. The van der Waals surface area contributed by atoms with E-state index < -0.39 is 6.09 Å². The Morgan fingerprint density at radius 3 is 2.50 bits per heavy atom. The van der Waals surface area contributed by atoms with Crippen molar-refractivity contribution in [3.8, 4) is 0 Å². The maximum Gasteiger partial charge on any atom is 0.428 e. The summed E-state index contributed by atoms with van der Waals surface area (Å²) in [4.78, 5) is 13.3. The van der Waals surface area contributed by atoms with Crippen molar-refractivity contribution >= 4 is 6.09 Å². The van der Waals surface area contributed by atoms with Gasteiger partial charge in [0.05, 0.1) is 7.11 Å². The van der Waals surface area contributed by atoms with Gasteiger partial charge < -0.3 is 5.11 Å². The van der Waals surface area contributed by atoms with Crippen LogP contribution in [-0.2, 0) is 4.84 Å². The third-order valence-electron chi connectivity index (χ3n) is 0.189. The van der Waals surface area contributed by atoms with Crippen molar-refractivity contribution in [2.75, 3.05) is 7.11 Å². The molecular formula is C2H5NO3. The fraction of sp³-hybridized carbons (Fsp3) is 0.500. The lowest BCUT2D eigenvalue weighted by atomic mass is 11.3. The van der Waals surface area contributed by atoms with Crippen LogP contribution >= 0.6 is 0 Å². The molecule has 0 radical (unpaired) electrons. The number of carboxylic acid groups (broad SMARTS) is 1. The number of hydrogen-bond donors (Lipinski definition) is 2. The molecule has 0 fully saturated rings. The van der Waals surface area contributed by atoms with Crippen LogP contribution in [0.1, 0.15) is 0 Å². The number of amides is 1. The first-order valence-corrected chi connectivity index (χ1v) is 1.29. The molecule has 0 aromatic carbocycles. The first-order valence-electron chi connectivity index (χ1n) is 1.29. The molecule has 0 aromatic rings. The first kappa shape index (κ1) is 5.23. The molecule has 2 N–H and O–H groups in total. The van der Waals surface area contributed by atoms with Crippen LogP contribution in [0, 0.1) is 0 Å². The van der Waals surface area contributed by atoms with Crippen molar-refractivity contribution in [3.05, 3.63) is 0 Å². The van der Waals surface area contributed by atoms with Gasteiger partial charge >= 0.3 is 6.09 Å². The van der Waals surface area contributed by atoms with Gasteiger partial charge in [-0.3, -0.25) is 4.84 Å². The van der Waals surface area contributed by atoms with Gasteiger partial charge in [0, 0.05) is 0 Å². The summed E-state index contributed by atoms with van der Waals surface area (Å²) >= 11 is 0. The van der Waals surface area contributed by atoms with E-state index >= 15 is 0 Å². The Kier molecular flexibility index (Phi) is 2.15. The molecule has 0 rings (SSSR count). The summed E-state index contributed by atoms with van der Waals surface area (Å²) in [6, 6.07) is 0. The third kappa shape index (κ3) is 3.23. The zero-order valence-electron chi connectivity index (χ0n) is 3.26. The van der Waals surface area contributed by atoms with Gasteiger partial charge in [0.15, 0.2) is 0 Å². The SMILES string of the molecule is CONC(=O)O. The lowest BCUT2D eigenvalue weighted by Crippen LogP contribution is -2.18. The summed E-state index contributed by atoms with van der Waals surface area (Å²) in [6.07, 6.45) is -1.18. The minimum Gasteiger partial charge on any atom is -0.464 e. The molecule has 0 atom stereocenters. The quantitative estimate of drug-likeness (QED) is 0.440. The first-order chi connectivity index (χ1) is 2.77. The van der Waals surface area contributed by atoms with Gasteiger partial charge in [0.25, 0.3) is 0 Å². The highest BCUT2D eigenvalue weighted by atomic mass is 16.7. The average Bonchev–Trinajstić information content (AvgIpc) is 1.35. The van der Waals surface area contributed by atoms with E-state index in [1.807, 2.05) is 0 Å². The summed E-state index contributed by atoms with van der Waals surface area (Å²) in [7, 11) is 1.23. The molecule has 0 aliphatic rings. The molecule has 0 aromatic heterocycles. The van der Waals surface area contributed by atoms with Crippen LogP contribution in [0.3, 0.4) is 0 Å². The van der Waals surface area contributed by atoms with Crippen molar-refractivity contribution in [1.82, 2.24) is 5.48 Å². The lowest BCUT2D eigenvalue weighted by molar-refractivity contribution is 0.0805. The van der Waals surface area contributed by atoms with Gasteiger partial charge in [0.1, 0.15) is 0 Å². The monoisotopic (exact) mass is 91.0 g/mol. The van der Waals surface area contributed by atoms with E-state index in [2.05, 4.69) is 4.84 Å². The predicted octanol–water partition coefficient (Wildman–Crippen LogP) is -0.185.